The van der Waals surface area contributed by atoms with Crippen molar-refractivity contribution < 1.29 is 56.0 Å². The molecular weight excluding hydrogens is 799 g/mol. The Bertz CT molecular complexity index is 1940. The molecule has 1 aromatic heterocycles. The summed E-state index contributed by atoms with van der Waals surface area (Å²) in [4.78, 5) is 52.1. The summed E-state index contributed by atoms with van der Waals surface area (Å²) in [6, 6.07) is 11.0. The summed E-state index contributed by atoms with van der Waals surface area (Å²) in [7, 11) is -4.37. The van der Waals surface area contributed by atoms with Crippen molar-refractivity contribution in [3.8, 4) is 17.4 Å². The number of morpholine rings is 1. The van der Waals surface area contributed by atoms with Crippen LogP contribution in [-0.2, 0) is 43.4 Å². The fourth-order valence-electron chi connectivity index (χ4n) is 5.13. The highest BCUT2D eigenvalue weighted by Gasteiger charge is 2.26. The van der Waals surface area contributed by atoms with Crippen molar-refractivity contribution in [2.24, 2.45) is 5.14 Å². The predicted molar refractivity (Wildman–Crippen MR) is 213 cm³/mol. The van der Waals surface area contributed by atoms with Gasteiger partial charge in [0.2, 0.25) is 21.7 Å². The summed E-state index contributed by atoms with van der Waals surface area (Å²) in [6.45, 7) is 8.28. The normalized spacial score (nSPS) is 13.6. The first-order valence-corrected chi connectivity index (χ1v) is 20.8. The van der Waals surface area contributed by atoms with Gasteiger partial charge >= 0.3 is 11.9 Å². The second-order valence-corrected chi connectivity index (χ2v) is 16.0. The van der Waals surface area contributed by atoms with E-state index in [2.05, 4.69) is 24.7 Å². The van der Waals surface area contributed by atoms with E-state index in [4.69, 9.17) is 33.6 Å². The lowest BCUT2D eigenvalue weighted by atomic mass is 10.1. The van der Waals surface area contributed by atoms with Gasteiger partial charge in [0.15, 0.2) is 18.1 Å². The summed E-state index contributed by atoms with van der Waals surface area (Å²) < 4.78 is 66.8. The molecule has 21 heteroatoms. The Morgan fingerprint density at radius 2 is 1.76 bits per heavy atom. The van der Waals surface area contributed by atoms with E-state index in [1.807, 2.05) is 32.6 Å². The molecule has 5 N–H and O–H groups in total. The number of esters is 2. The first-order valence-electron chi connectivity index (χ1n) is 18.6. The van der Waals surface area contributed by atoms with E-state index in [9.17, 15) is 27.6 Å². The average molecular weight is 850 g/mol. The van der Waals surface area contributed by atoms with Crippen LogP contribution in [0.3, 0.4) is 0 Å². The Balaban J connectivity index is 1.25. The van der Waals surface area contributed by atoms with Crippen molar-refractivity contribution in [1.82, 2.24) is 19.4 Å². The molecule has 0 saturated carbocycles. The molecule has 0 aliphatic carbocycles. The number of ether oxygens (including phenoxy) is 6. The van der Waals surface area contributed by atoms with E-state index in [1.165, 1.54) is 6.07 Å². The molecule has 3 aromatic rings. The Morgan fingerprint density at radius 1 is 1.02 bits per heavy atom. The van der Waals surface area contributed by atoms with E-state index in [-0.39, 0.29) is 35.7 Å². The smallest absolute Gasteiger partial charge is 0.344 e. The summed E-state index contributed by atoms with van der Waals surface area (Å²) >= 11 is 1.00. The molecule has 2 aromatic carbocycles. The number of carbonyl (C=O) groups is 4. The average Bonchev–Trinajstić information content (AvgIpc) is 3.66. The Labute approximate surface area is 341 Å². The highest BCUT2D eigenvalue weighted by molar-refractivity contribution is 7.89. The van der Waals surface area contributed by atoms with Crippen LogP contribution in [0, 0.1) is 0 Å². The molecule has 318 valence electrons. The molecule has 1 aliphatic rings. The number of unbranched alkanes of at least 4 members (excludes halogenated alkanes) is 1. The van der Waals surface area contributed by atoms with Crippen molar-refractivity contribution in [2.45, 2.75) is 57.1 Å². The van der Waals surface area contributed by atoms with Crippen LogP contribution < -0.4 is 35.5 Å². The second kappa shape index (κ2) is 22.3. The predicted octanol–water partition coefficient (Wildman–Crippen LogP) is 2.26. The van der Waals surface area contributed by atoms with Gasteiger partial charge < -0.3 is 49.3 Å². The van der Waals surface area contributed by atoms with E-state index < -0.39 is 71.0 Å². The number of sulfonamides is 1. The maximum atomic E-state index is 13.1. The van der Waals surface area contributed by atoms with E-state index in [1.54, 1.807) is 30.3 Å². The van der Waals surface area contributed by atoms with Gasteiger partial charge in [0.1, 0.15) is 43.1 Å². The van der Waals surface area contributed by atoms with Crippen LogP contribution in [-0.4, -0.2) is 125 Å². The molecule has 1 aliphatic heterocycles. The second-order valence-electron chi connectivity index (χ2n) is 14.0. The number of hydrogen-bond acceptors (Lipinski definition) is 18. The molecule has 58 heavy (non-hydrogen) atoms. The van der Waals surface area contributed by atoms with Gasteiger partial charge in [0, 0.05) is 37.3 Å². The number of benzene rings is 2. The molecule has 1 amide bonds. The van der Waals surface area contributed by atoms with Crippen LogP contribution in [0.2, 0.25) is 0 Å². The number of para-hydroxylation sites is 1. The van der Waals surface area contributed by atoms with E-state index in [0.29, 0.717) is 50.3 Å². The summed E-state index contributed by atoms with van der Waals surface area (Å²) in [5, 5.41) is 14.2. The molecule has 0 unspecified atom stereocenters. The minimum absolute atomic E-state index is 0.0532. The molecule has 2 heterocycles. The van der Waals surface area contributed by atoms with Crippen molar-refractivity contribution in [2.75, 3.05) is 82.6 Å². The number of Topliss-reactive ketones (excluding diaryl/α,β-unsaturated/α-hetero) is 1. The highest BCUT2D eigenvalue weighted by Crippen LogP contribution is 2.37. The third-order valence-electron chi connectivity index (χ3n) is 8.06. The number of rotatable bonds is 23. The monoisotopic (exact) mass is 849 g/mol. The zero-order valence-electron chi connectivity index (χ0n) is 32.9. The molecule has 1 atom stereocenters. The number of hydrogen-bond donors (Lipinski definition) is 4. The maximum absolute atomic E-state index is 13.1. The lowest BCUT2D eigenvalue weighted by molar-refractivity contribution is -0.163. The van der Waals surface area contributed by atoms with Crippen LogP contribution >= 0.6 is 11.7 Å². The zero-order chi connectivity index (χ0) is 42.1. The van der Waals surface area contributed by atoms with Gasteiger partial charge in [-0.1, -0.05) is 31.5 Å². The molecule has 4 rings (SSSR count). The van der Waals surface area contributed by atoms with Gasteiger partial charge in [-0.3, -0.25) is 14.4 Å². The molecule has 1 fully saturated rings. The van der Waals surface area contributed by atoms with Gasteiger partial charge in [-0.15, -0.1) is 4.37 Å². The maximum Gasteiger partial charge on any atom is 0.344 e. The minimum Gasteiger partial charge on any atom is -0.470 e. The van der Waals surface area contributed by atoms with Gasteiger partial charge in [-0.25, -0.2) is 18.4 Å². The summed E-state index contributed by atoms with van der Waals surface area (Å²) in [6.07, 6.45) is 0.817. The lowest BCUT2D eigenvalue weighted by Crippen LogP contribution is -2.44. The van der Waals surface area contributed by atoms with Crippen LogP contribution in [0.5, 0.6) is 17.4 Å². The SMILES string of the molecule is CCCCNc1cc(C(=O)COCC(=O)NCC(=O)OCC(=O)O[C@@H](CNC(C)(C)C)COc2nsnc2N2CCOCC2)cc(S(N)(=O)=O)c1Oc1ccccc1. The van der Waals surface area contributed by atoms with Crippen molar-refractivity contribution >= 4 is 56.9 Å². The molecule has 0 radical (unpaired) electrons. The number of carbonyl (C=O) groups excluding carboxylic acids is 4. The summed E-state index contributed by atoms with van der Waals surface area (Å²) in [5.41, 5.74) is -0.132. The first kappa shape index (κ1) is 45.8. The van der Waals surface area contributed by atoms with Crippen molar-refractivity contribution in [3.63, 3.8) is 0 Å². The Morgan fingerprint density at radius 3 is 2.45 bits per heavy atom. The number of anilines is 2. The van der Waals surface area contributed by atoms with Crippen LogP contribution in [0.25, 0.3) is 0 Å². The number of nitrogens with zero attached hydrogens (tertiary/aromatic N) is 3. The third-order valence-corrected chi connectivity index (χ3v) is 9.47. The van der Waals surface area contributed by atoms with Gasteiger partial charge in [-0.05, 0) is 51.5 Å². The molecule has 1 saturated heterocycles. The zero-order valence-corrected chi connectivity index (χ0v) is 34.6. The van der Waals surface area contributed by atoms with Crippen LogP contribution in [0.15, 0.2) is 47.4 Å². The van der Waals surface area contributed by atoms with Gasteiger partial charge in [-0.2, -0.15) is 4.37 Å². The van der Waals surface area contributed by atoms with E-state index in [0.717, 1.165) is 30.6 Å². The largest absolute Gasteiger partial charge is 0.470 e. The topological polar surface area (TPSA) is 249 Å². The summed E-state index contributed by atoms with van der Waals surface area (Å²) in [5.74, 6) is -2.01. The number of amides is 1. The molecular formula is C37H51N7O12S2. The number of aromatic nitrogens is 2. The first-order chi connectivity index (χ1) is 27.6. The standard InChI is InChI=1S/C37H51N7O12S2/c1-5-6-12-39-28-17-25(18-30(58(38,49)50)34(28)56-26-10-8-7-9-11-26)29(45)22-52-23-31(46)40-20-32(47)53-24-33(48)55-27(19-41-37(2,3)4)21-54-36-35(42-57-43-36)44-13-15-51-16-14-44/h7-11,17-18,27,39,41H,5-6,12-16,19-24H2,1-4H3,(H,40,46)(H2,38,49,50)/t27-/m0/s1. The molecule has 19 nitrogen and oxygen atoms in total. The van der Waals surface area contributed by atoms with E-state index >= 15 is 0 Å². The fraction of sp³-hybridized carbons (Fsp3) is 0.514. The number of nitrogens with one attached hydrogen (secondary N) is 3. The Kier molecular flexibility index (Phi) is 17.6. The minimum atomic E-state index is -4.37. The van der Waals surface area contributed by atoms with Crippen molar-refractivity contribution in [1.29, 1.82) is 0 Å². The van der Waals surface area contributed by atoms with Crippen LogP contribution in [0.4, 0.5) is 11.5 Å². The number of primary sulfonamides is 1. The molecule has 0 bridgehead atoms. The van der Waals surface area contributed by atoms with Gasteiger partial charge in [0.25, 0.3) is 5.88 Å². The van der Waals surface area contributed by atoms with Crippen LogP contribution in [0.1, 0.15) is 50.9 Å². The molecule has 0 spiro atoms. The third kappa shape index (κ3) is 15.4. The van der Waals surface area contributed by atoms with Crippen molar-refractivity contribution in [3.05, 3.63) is 48.0 Å². The fourth-order valence-corrected chi connectivity index (χ4v) is 6.35. The Hall–Kier alpha value is -4.93. The highest BCUT2D eigenvalue weighted by atomic mass is 32.2. The van der Waals surface area contributed by atoms with Gasteiger partial charge in [0.05, 0.1) is 30.6 Å². The lowest BCUT2D eigenvalue weighted by Gasteiger charge is -2.27. The number of nitrogens with two attached hydrogens (primary N) is 1. The number of ketones is 1. The quantitative estimate of drug-likeness (QED) is 0.0607.